The molecule has 2 saturated heterocycles. The fraction of sp³-hybridized carbons (Fsp3) is 0.611. The van der Waals surface area contributed by atoms with E-state index in [1.165, 1.54) is 18.2 Å². The van der Waals surface area contributed by atoms with Crippen LogP contribution in [0.3, 0.4) is 0 Å². The van der Waals surface area contributed by atoms with Gasteiger partial charge in [0.05, 0.1) is 17.8 Å². The molecule has 1 aromatic rings. The number of hydrogen-bond acceptors (Lipinski definition) is 4. The van der Waals surface area contributed by atoms with Crippen molar-refractivity contribution in [2.24, 2.45) is 0 Å². The highest BCUT2D eigenvalue weighted by Gasteiger charge is 2.28. The van der Waals surface area contributed by atoms with Crippen molar-refractivity contribution in [1.29, 1.82) is 0 Å². The zero-order chi connectivity index (χ0) is 17.8. The number of carbonyl (C=O) groups is 1. The van der Waals surface area contributed by atoms with Crippen LogP contribution in [-0.4, -0.2) is 67.2 Å². The van der Waals surface area contributed by atoms with Crippen molar-refractivity contribution >= 4 is 23.2 Å². The molecule has 1 N–H and O–H groups in total. The summed E-state index contributed by atoms with van der Waals surface area (Å²) in [6.45, 7) is 7.18. The lowest BCUT2D eigenvalue weighted by Gasteiger charge is -2.38. The van der Waals surface area contributed by atoms with E-state index in [1.54, 1.807) is 0 Å². The summed E-state index contributed by atoms with van der Waals surface area (Å²) < 4.78 is 19.5. The Labute approximate surface area is 153 Å². The Bertz CT molecular complexity index is 602. The van der Waals surface area contributed by atoms with Crippen molar-refractivity contribution in [2.75, 3.05) is 44.6 Å². The number of ether oxygens (including phenoxy) is 1. The molecule has 2 fully saturated rings. The first-order valence-electron chi connectivity index (χ1n) is 8.87. The second-order valence-corrected chi connectivity index (χ2v) is 7.20. The standard InChI is InChI=1S/C18H25ClFN3O2/c1-13(18(24)21-17-11-14(19)4-5-16(17)20)23-8-6-22(7-9-23)12-15-3-2-10-25-15/h4-5,11,13,15H,2-3,6-10,12H2,1H3,(H,21,24). The number of piperazine rings is 1. The summed E-state index contributed by atoms with van der Waals surface area (Å²) in [5.41, 5.74) is 0.126. The van der Waals surface area contributed by atoms with Gasteiger partial charge in [-0.2, -0.15) is 0 Å². The highest BCUT2D eigenvalue weighted by molar-refractivity contribution is 6.30. The van der Waals surface area contributed by atoms with Crippen molar-refractivity contribution in [3.05, 3.63) is 29.0 Å². The van der Waals surface area contributed by atoms with Gasteiger partial charge >= 0.3 is 0 Å². The molecule has 2 aliphatic heterocycles. The van der Waals surface area contributed by atoms with E-state index in [2.05, 4.69) is 15.1 Å². The third kappa shape index (κ3) is 4.91. The largest absolute Gasteiger partial charge is 0.377 e. The van der Waals surface area contributed by atoms with E-state index in [0.717, 1.165) is 52.2 Å². The maximum Gasteiger partial charge on any atom is 0.241 e. The lowest BCUT2D eigenvalue weighted by molar-refractivity contribution is -0.121. The Morgan fingerprint density at radius 3 is 2.84 bits per heavy atom. The smallest absolute Gasteiger partial charge is 0.241 e. The summed E-state index contributed by atoms with van der Waals surface area (Å²) in [5, 5.41) is 3.04. The van der Waals surface area contributed by atoms with Gasteiger partial charge in [-0.25, -0.2) is 4.39 Å². The van der Waals surface area contributed by atoms with Gasteiger partial charge in [0, 0.05) is 44.4 Å². The molecule has 0 saturated carbocycles. The summed E-state index contributed by atoms with van der Waals surface area (Å²) in [7, 11) is 0. The van der Waals surface area contributed by atoms with Crippen LogP contribution in [0.25, 0.3) is 0 Å². The summed E-state index contributed by atoms with van der Waals surface area (Å²) in [6, 6.07) is 3.83. The number of hydrogen-bond donors (Lipinski definition) is 1. The van der Waals surface area contributed by atoms with E-state index < -0.39 is 5.82 Å². The summed E-state index contributed by atoms with van der Waals surface area (Å²) >= 11 is 5.87. The van der Waals surface area contributed by atoms with Gasteiger partial charge in [-0.3, -0.25) is 14.6 Å². The van der Waals surface area contributed by atoms with Crippen LogP contribution in [0.2, 0.25) is 5.02 Å². The Hall–Kier alpha value is -1.21. The first-order valence-corrected chi connectivity index (χ1v) is 9.24. The van der Waals surface area contributed by atoms with E-state index in [0.29, 0.717) is 11.1 Å². The average molecular weight is 370 g/mol. The van der Waals surface area contributed by atoms with Crippen LogP contribution in [0.15, 0.2) is 18.2 Å². The number of carbonyl (C=O) groups excluding carboxylic acids is 1. The molecule has 2 aliphatic rings. The van der Waals surface area contributed by atoms with Crippen LogP contribution in [0.4, 0.5) is 10.1 Å². The van der Waals surface area contributed by atoms with Gasteiger partial charge in [-0.1, -0.05) is 11.6 Å². The van der Waals surface area contributed by atoms with Gasteiger partial charge in [0.15, 0.2) is 0 Å². The number of benzene rings is 1. The Balaban J connectivity index is 1.48. The third-order valence-electron chi connectivity index (χ3n) is 5.01. The van der Waals surface area contributed by atoms with E-state index in [4.69, 9.17) is 16.3 Å². The molecule has 3 rings (SSSR count). The van der Waals surface area contributed by atoms with Gasteiger partial charge in [0.2, 0.25) is 5.91 Å². The predicted molar refractivity (Wildman–Crippen MR) is 96.5 cm³/mol. The second-order valence-electron chi connectivity index (χ2n) is 6.76. The highest BCUT2D eigenvalue weighted by Crippen LogP contribution is 2.20. The average Bonchev–Trinajstić information content (AvgIpc) is 3.11. The molecule has 0 aromatic heterocycles. The predicted octanol–water partition coefficient (Wildman–Crippen LogP) is 2.60. The van der Waals surface area contributed by atoms with Crippen LogP contribution < -0.4 is 5.32 Å². The van der Waals surface area contributed by atoms with E-state index in [1.807, 2.05) is 6.92 Å². The molecule has 138 valence electrons. The zero-order valence-electron chi connectivity index (χ0n) is 14.5. The van der Waals surface area contributed by atoms with Gasteiger partial charge < -0.3 is 10.1 Å². The van der Waals surface area contributed by atoms with E-state index in [-0.39, 0.29) is 17.6 Å². The Morgan fingerprint density at radius 2 is 2.16 bits per heavy atom. The lowest BCUT2D eigenvalue weighted by atomic mass is 10.2. The van der Waals surface area contributed by atoms with Crippen LogP contribution >= 0.6 is 11.6 Å². The molecule has 0 aliphatic carbocycles. The monoisotopic (exact) mass is 369 g/mol. The first-order chi connectivity index (χ1) is 12.0. The minimum atomic E-state index is -0.480. The normalized spacial score (nSPS) is 23.6. The molecule has 2 unspecified atom stereocenters. The first kappa shape index (κ1) is 18.6. The third-order valence-corrected chi connectivity index (χ3v) is 5.24. The Kier molecular flexibility index (Phi) is 6.28. The van der Waals surface area contributed by atoms with Crippen LogP contribution in [-0.2, 0) is 9.53 Å². The number of nitrogens with one attached hydrogen (secondary N) is 1. The van der Waals surface area contributed by atoms with Gasteiger partial charge in [0.25, 0.3) is 0 Å². The zero-order valence-corrected chi connectivity index (χ0v) is 15.3. The highest BCUT2D eigenvalue weighted by atomic mass is 35.5. The maximum atomic E-state index is 13.8. The molecule has 2 atom stereocenters. The van der Waals surface area contributed by atoms with E-state index >= 15 is 0 Å². The molecule has 5 nitrogen and oxygen atoms in total. The van der Waals surface area contributed by atoms with Crippen molar-refractivity contribution in [3.8, 4) is 0 Å². The number of halogens is 2. The molecular formula is C18H25ClFN3O2. The minimum Gasteiger partial charge on any atom is -0.377 e. The van der Waals surface area contributed by atoms with Crippen molar-refractivity contribution in [1.82, 2.24) is 9.80 Å². The number of rotatable bonds is 5. The SMILES string of the molecule is CC(C(=O)Nc1cc(Cl)ccc1F)N1CCN(CC2CCCO2)CC1. The van der Waals surface area contributed by atoms with Gasteiger partial charge in [-0.15, -0.1) is 0 Å². The molecule has 0 radical (unpaired) electrons. The molecule has 25 heavy (non-hydrogen) atoms. The topological polar surface area (TPSA) is 44.8 Å². The molecule has 2 heterocycles. The summed E-state index contributed by atoms with van der Waals surface area (Å²) in [5.74, 6) is -0.694. The lowest BCUT2D eigenvalue weighted by Crippen LogP contribution is -2.53. The fourth-order valence-electron chi connectivity index (χ4n) is 3.41. The van der Waals surface area contributed by atoms with Gasteiger partial charge in [-0.05, 0) is 38.0 Å². The van der Waals surface area contributed by atoms with Crippen LogP contribution in [0.5, 0.6) is 0 Å². The molecule has 1 amide bonds. The summed E-state index contributed by atoms with van der Waals surface area (Å²) in [6.07, 6.45) is 2.66. The minimum absolute atomic E-state index is 0.126. The van der Waals surface area contributed by atoms with Crippen molar-refractivity contribution < 1.29 is 13.9 Å². The number of nitrogens with zero attached hydrogens (tertiary/aromatic N) is 2. The molecule has 1 aromatic carbocycles. The van der Waals surface area contributed by atoms with Crippen molar-refractivity contribution in [2.45, 2.75) is 31.9 Å². The van der Waals surface area contributed by atoms with Crippen molar-refractivity contribution in [3.63, 3.8) is 0 Å². The molecule has 0 spiro atoms. The maximum absolute atomic E-state index is 13.8. The number of amides is 1. The molecule has 7 heteroatoms. The Morgan fingerprint density at radius 1 is 1.40 bits per heavy atom. The second kappa shape index (κ2) is 8.45. The van der Waals surface area contributed by atoms with Crippen LogP contribution in [0, 0.1) is 5.82 Å². The fourth-order valence-corrected chi connectivity index (χ4v) is 3.58. The molecular weight excluding hydrogens is 345 g/mol. The van der Waals surface area contributed by atoms with Gasteiger partial charge in [0.1, 0.15) is 5.82 Å². The summed E-state index contributed by atoms with van der Waals surface area (Å²) in [4.78, 5) is 17.0. The van der Waals surface area contributed by atoms with Crippen LogP contribution in [0.1, 0.15) is 19.8 Å². The van der Waals surface area contributed by atoms with E-state index in [9.17, 15) is 9.18 Å². The number of anilines is 1. The molecule has 0 bridgehead atoms. The quantitative estimate of drug-likeness (QED) is 0.866.